The molecule has 0 fully saturated rings. The van der Waals surface area contributed by atoms with E-state index in [1.807, 2.05) is 5.38 Å². The molecule has 0 atom stereocenters. The third kappa shape index (κ3) is 3.02. The Morgan fingerprint density at radius 2 is 2.05 bits per heavy atom. The zero-order valence-corrected chi connectivity index (χ0v) is 11.8. The summed E-state index contributed by atoms with van der Waals surface area (Å²) in [6.45, 7) is 1.64. The summed E-state index contributed by atoms with van der Waals surface area (Å²) in [6.07, 6.45) is 0. The van der Waals surface area contributed by atoms with Gasteiger partial charge in [-0.05, 0) is 47.0 Å². The average molecular weight is 296 g/mol. The van der Waals surface area contributed by atoms with Crippen molar-refractivity contribution in [1.29, 1.82) is 0 Å². The molecule has 0 saturated heterocycles. The summed E-state index contributed by atoms with van der Waals surface area (Å²) in [6, 6.07) is 5.93. The molecule has 2 rings (SSSR count). The Balaban J connectivity index is 2.41. The van der Waals surface area contributed by atoms with Gasteiger partial charge in [-0.3, -0.25) is 0 Å². The van der Waals surface area contributed by atoms with Crippen LogP contribution in [-0.4, -0.2) is 19.5 Å². The third-order valence-corrected chi connectivity index (χ3v) is 5.15. The summed E-state index contributed by atoms with van der Waals surface area (Å²) in [7, 11) is -3.51. The number of hydrogen-bond acceptors (Lipinski definition) is 4. The molecule has 100 valence electrons. The highest BCUT2D eigenvalue weighted by atomic mass is 32.2. The van der Waals surface area contributed by atoms with Crippen molar-refractivity contribution in [2.24, 2.45) is 0 Å². The van der Waals surface area contributed by atoms with E-state index in [0.717, 1.165) is 0 Å². The van der Waals surface area contributed by atoms with Crippen LogP contribution in [0, 0.1) is 6.92 Å². The summed E-state index contributed by atoms with van der Waals surface area (Å²) in [5.74, 6) is -1.23. The van der Waals surface area contributed by atoms with Gasteiger partial charge in [0, 0.05) is 0 Å². The monoisotopic (exact) mass is 296 g/mol. The number of benzene rings is 1. The Hall–Kier alpha value is -1.66. The number of thiophene rings is 1. The highest BCUT2D eigenvalue weighted by molar-refractivity contribution is 7.90. The van der Waals surface area contributed by atoms with Crippen LogP contribution in [-0.2, 0) is 15.6 Å². The van der Waals surface area contributed by atoms with E-state index in [0.29, 0.717) is 11.1 Å². The lowest BCUT2D eigenvalue weighted by Crippen LogP contribution is -2.07. The number of aryl methyl sites for hydroxylation is 1. The summed E-state index contributed by atoms with van der Waals surface area (Å²) >= 11 is 1.43. The first-order chi connectivity index (χ1) is 8.90. The van der Waals surface area contributed by atoms with Crippen molar-refractivity contribution < 1.29 is 18.3 Å². The minimum atomic E-state index is -3.51. The van der Waals surface area contributed by atoms with Crippen LogP contribution >= 0.6 is 11.3 Å². The number of hydrogen-bond donors (Lipinski definition) is 1. The fourth-order valence-electron chi connectivity index (χ4n) is 1.70. The van der Waals surface area contributed by atoms with Crippen LogP contribution in [0.15, 0.2) is 39.9 Å². The number of sulfone groups is 1. The number of carboxylic acids is 1. The molecular formula is C13H12O4S2. The van der Waals surface area contributed by atoms with Gasteiger partial charge in [0.25, 0.3) is 0 Å². The molecule has 0 bridgehead atoms. The second-order valence-corrected chi connectivity index (χ2v) is 6.94. The predicted molar refractivity (Wildman–Crippen MR) is 73.3 cm³/mol. The van der Waals surface area contributed by atoms with E-state index in [-0.39, 0.29) is 16.2 Å². The molecule has 0 saturated carbocycles. The highest BCUT2D eigenvalue weighted by Gasteiger charge is 2.18. The molecule has 0 unspecified atom stereocenters. The zero-order chi connectivity index (χ0) is 14.0. The van der Waals surface area contributed by atoms with Gasteiger partial charge in [0.2, 0.25) is 0 Å². The van der Waals surface area contributed by atoms with E-state index in [1.54, 1.807) is 18.4 Å². The molecule has 1 aromatic carbocycles. The maximum atomic E-state index is 12.2. The van der Waals surface area contributed by atoms with Gasteiger partial charge < -0.3 is 5.11 Å². The molecule has 6 heteroatoms. The van der Waals surface area contributed by atoms with Gasteiger partial charge in [0.15, 0.2) is 9.84 Å². The molecule has 19 heavy (non-hydrogen) atoms. The van der Waals surface area contributed by atoms with Crippen LogP contribution in [0.4, 0.5) is 0 Å². The number of carbonyl (C=O) groups is 1. The number of rotatable bonds is 4. The molecule has 0 aliphatic rings. The van der Waals surface area contributed by atoms with Crippen LogP contribution in [0.5, 0.6) is 0 Å². The average Bonchev–Trinajstić information content (AvgIpc) is 2.80. The van der Waals surface area contributed by atoms with E-state index in [9.17, 15) is 13.2 Å². The van der Waals surface area contributed by atoms with Crippen molar-refractivity contribution in [3.63, 3.8) is 0 Å². The maximum Gasteiger partial charge on any atom is 0.335 e. The van der Waals surface area contributed by atoms with Gasteiger partial charge in [-0.1, -0.05) is 6.07 Å². The molecule has 1 N–H and O–H groups in total. The SMILES string of the molecule is Cc1ccc(S(=O)(=O)Cc2ccsc2)cc1C(=O)O. The minimum absolute atomic E-state index is 0.0198. The van der Waals surface area contributed by atoms with Gasteiger partial charge in [0.05, 0.1) is 16.2 Å². The lowest BCUT2D eigenvalue weighted by Gasteiger charge is -2.06. The van der Waals surface area contributed by atoms with E-state index < -0.39 is 15.8 Å². The third-order valence-electron chi connectivity index (χ3n) is 2.74. The summed E-state index contributed by atoms with van der Waals surface area (Å²) in [5.41, 5.74) is 1.27. The standard InChI is InChI=1S/C13H12O4S2/c1-9-2-3-11(6-12(9)13(14)15)19(16,17)8-10-4-5-18-7-10/h2-7H,8H2,1H3,(H,14,15). The molecule has 1 heterocycles. The van der Waals surface area contributed by atoms with E-state index >= 15 is 0 Å². The summed E-state index contributed by atoms with van der Waals surface area (Å²) in [4.78, 5) is 11.1. The van der Waals surface area contributed by atoms with Crippen LogP contribution in [0.2, 0.25) is 0 Å². The van der Waals surface area contributed by atoms with E-state index in [4.69, 9.17) is 5.11 Å². The molecule has 0 radical (unpaired) electrons. The molecule has 0 aliphatic carbocycles. The van der Waals surface area contributed by atoms with Gasteiger partial charge >= 0.3 is 5.97 Å². The van der Waals surface area contributed by atoms with Gasteiger partial charge in [-0.2, -0.15) is 11.3 Å². The topological polar surface area (TPSA) is 71.4 Å². The Morgan fingerprint density at radius 3 is 2.63 bits per heavy atom. The Labute approximate surface area is 115 Å². The Morgan fingerprint density at radius 1 is 1.32 bits per heavy atom. The van der Waals surface area contributed by atoms with Crippen LogP contribution in [0.3, 0.4) is 0 Å². The van der Waals surface area contributed by atoms with Crippen molar-refractivity contribution in [2.75, 3.05) is 0 Å². The van der Waals surface area contributed by atoms with Crippen molar-refractivity contribution >= 4 is 27.1 Å². The van der Waals surface area contributed by atoms with E-state index in [2.05, 4.69) is 0 Å². The van der Waals surface area contributed by atoms with Crippen LogP contribution in [0.25, 0.3) is 0 Å². The van der Waals surface area contributed by atoms with E-state index in [1.165, 1.54) is 29.5 Å². The van der Waals surface area contributed by atoms with Gasteiger partial charge in [-0.15, -0.1) is 0 Å². The first-order valence-corrected chi connectivity index (χ1v) is 8.07. The minimum Gasteiger partial charge on any atom is -0.478 e. The van der Waals surface area contributed by atoms with Crippen LogP contribution < -0.4 is 0 Å². The fourth-order valence-corrected chi connectivity index (χ4v) is 3.83. The summed E-state index contributed by atoms with van der Waals surface area (Å²) < 4.78 is 24.4. The first-order valence-electron chi connectivity index (χ1n) is 5.48. The number of carboxylic acid groups (broad SMARTS) is 1. The smallest absolute Gasteiger partial charge is 0.335 e. The van der Waals surface area contributed by atoms with Crippen molar-refractivity contribution in [2.45, 2.75) is 17.6 Å². The fraction of sp³-hybridized carbons (Fsp3) is 0.154. The Kier molecular flexibility index (Phi) is 3.73. The summed E-state index contributed by atoms with van der Waals surface area (Å²) in [5, 5.41) is 12.6. The number of aromatic carboxylic acids is 1. The molecule has 2 aromatic rings. The predicted octanol–water partition coefficient (Wildman–Crippen LogP) is 2.73. The zero-order valence-electron chi connectivity index (χ0n) is 10.2. The molecular weight excluding hydrogens is 284 g/mol. The second-order valence-electron chi connectivity index (χ2n) is 4.17. The molecule has 1 aromatic heterocycles. The first kappa shape index (κ1) is 13.8. The van der Waals surface area contributed by atoms with Gasteiger partial charge in [-0.25, -0.2) is 13.2 Å². The Bertz CT molecular complexity index is 700. The van der Waals surface area contributed by atoms with Crippen molar-refractivity contribution in [3.8, 4) is 0 Å². The van der Waals surface area contributed by atoms with Crippen LogP contribution in [0.1, 0.15) is 21.5 Å². The lowest BCUT2D eigenvalue weighted by molar-refractivity contribution is 0.0696. The normalized spacial score (nSPS) is 11.4. The largest absolute Gasteiger partial charge is 0.478 e. The maximum absolute atomic E-state index is 12.2. The highest BCUT2D eigenvalue weighted by Crippen LogP contribution is 2.21. The molecule has 0 amide bonds. The molecule has 4 nitrogen and oxygen atoms in total. The van der Waals surface area contributed by atoms with Crippen molar-refractivity contribution in [3.05, 3.63) is 51.7 Å². The quantitative estimate of drug-likeness (QED) is 0.941. The second kappa shape index (κ2) is 5.14. The lowest BCUT2D eigenvalue weighted by atomic mass is 10.1. The molecule has 0 spiro atoms. The van der Waals surface area contributed by atoms with Gasteiger partial charge in [0.1, 0.15) is 0 Å². The van der Waals surface area contributed by atoms with Crippen molar-refractivity contribution in [1.82, 2.24) is 0 Å². The molecule has 0 aliphatic heterocycles.